The van der Waals surface area contributed by atoms with Crippen LogP contribution in [0, 0.1) is 0 Å². The van der Waals surface area contributed by atoms with Crippen LogP contribution in [-0.4, -0.2) is 19.9 Å². The molecule has 23 heavy (non-hydrogen) atoms. The molecule has 1 fully saturated rings. The van der Waals surface area contributed by atoms with Crippen molar-refractivity contribution >= 4 is 56.8 Å². The molecule has 0 radical (unpaired) electrons. The van der Waals surface area contributed by atoms with Crippen molar-refractivity contribution in [2.75, 3.05) is 11.5 Å². The zero-order valence-corrected chi connectivity index (χ0v) is 15.7. The molecular weight excluding hydrogens is 395 g/mol. The van der Waals surface area contributed by atoms with E-state index in [1.807, 2.05) is 35.7 Å². The Morgan fingerprint density at radius 1 is 1.00 bits per heavy atom. The minimum atomic E-state index is -3.99. The molecule has 122 valence electrons. The van der Waals surface area contributed by atoms with Gasteiger partial charge in [-0.3, -0.25) is 0 Å². The lowest BCUT2D eigenvalue weighted by Crippen LogP contribution is -2.10. The molecule has 0 aliphatic carbocycles. The predicted octanol–water partition coefficient (Wildman–Crippen LogP) is 5.24. The van der Waals surface area contributed by atoms with Crippen LogP contribution in [0.15, 0.2) is 47.4 Å². The Morgan fingerprint density at radius 3 is 2.26 bits per heavy atom. The average Bonchev–Trinajstić information content (AvgIpc) is 3.01. The smallest absolute Gasteiger partial charge is 0.340 e. The molecule has 2 aromatic carbocycles. The molecule has 0 bridgehead atoms. The second-order valence-electron chi connectivity index (χ2n) is 4.75. The number of hydrogen-bond donors (Lipinski definition) is 0. The van der Waals surface area contributed by atoms with E-state index in [1.54, 1.807) is 12.1 Å². The second kappa shape index (κ2) is 7.15. The molecule has 0 aromatic heterocycles. The number of halogens is 2. The van der Waals surface area contributed by atoms with Crippen LogP contribution in [-0.2, 0) is 10.1 Å². The largest absolute Gasteiger partial charge is 0.379 e. The van der Waals surface area contributed by atoms with E-state index in [-0.39, 0.29) is 15.7 Å². The summed E-state index contributed by atoms with van der Waals surface area (Å²) in [6.45, 7) is 0. The van der Waals surface area contributed by atoms with Crippen LogP contribution in [0.4, 0.5) is 0 Å². The molecule has 0 amide bonds. The lowest BCUT2D eigenvalue weighted by Gasteiger charge is -2.11. The van der Waals surface area contributed by atoms with Crippen molar-refractivity contribution < 1.29 is 12.6 Å². The highest BCUT2D eigenvalue weighted by molar-refractivity contribution is 8.19. The van der Waals surface area contributed by atoms with E-state index >= 15 is 0 Å². The van der Waals surface area contributed by atoms with Crippen LogP contribution in [0.5, 0.6) is 5.75 Å². The van der Waals surface area contributed by atoms with Gasteiger partial charge >= 0.3 is 10.1 Å². The van der Waals surface area contributed by atoms with Crippen molar-refractivity contribution in [3.63, 3.8) is 0 Å². The van der Waals surface area contributed by atoms with Crippen LogP contribution in [0.3, 0.4) is 0 Å². The molecule has 0 unspecified atom stereocenters. The van der Waals surface area contributed by atoms with Crippen molar-refractivity contribution in [3.05, 3.63) is 58.1 Å². The molecule has 3 rings (SSSR count). The van der Waals surface area contributed by atoms with Crippen LogP contribution >= 0.6 is 46.7 Å². The van der Waals surface area contributed by atoms with Crippen LogP contribution < -0.4 is 4.18 Å². The minimum Gasteiger partial charge on any atom is -0.379 e. The van der Waals surface area contributed by atoms with Gasteiger partial charge in [-0.05, 0) is 35.9 Å². The lowest BCUT2D eigenvalue weighted by atomic mass is 10.2. The summed E-state index contributed by atoms with van der Waals surface area (Å²) >= 11 is 15.5. The Bertz CT molecular complexity index is 801. The maximum Gasteiger partial charge on any atom is 0.340 e. The van der Waals surface area contributed by atoms with Gasteiger partial charge in [-0.25, -0.2) is 0 Å². The summed E-state index contributed by atoms with van der Waals surface area (Å²) in [5.41, 5.74) is 1.16. The van der Waals surface area contributed by atoms with Crippen LogP contribution in [0.1, 0.15) is 10.1 Å². The average molecular weight is 407 g/mol. The first-order valence-electron chi connectivity index (χ1n) is 6.68. The van der Waals surface area contributed by atoms with Gasteiger partial charge in [0.05, 0.1) is 9.60 Å². The number of rotatable bonds is 4. The topological polar surface area (TPSA) is 43.4 Å². The molecule has 0 spiro atoms. The highest BCUT2D eigenvalue weighted by Gasteiger charge is 2.22. The summed E-state index contributed by atoms with van der Waals surface area (Å²) in [6.07, 6.45) is 0. The standard InChI is InChI=1S/C15H12Cl2O3S3/c16-11-3-6-14(13(17)9-11)23(18,19)20-12-4-1-10(2-5-12)15-21-7-8-22-15/h1-6,9,15H,7-8H2. The lowest BCUT2D eigenvalue weighted by molar-refractivity contribution is 0.486. The van der Waals surface area contributed by atoms with Crippen LogP contribution in [0.2, 0.25) is 10.0 Å². The quantitative estimate of drug-likeness (QED) is 0.649. The molecular formula is C15H12Cl2O3S3. The normalized spacial score (nSPS) is 15.7. The Labute approximate surface area is 153 Å². The van der Waals surface area contributed by atoms with Crippen molar-refractivity contribution in [3.8, 4) is 5.75 Å². The predicted molar refractivity (Wildman–Crippen MR) is 98.4 cm³/mol. The fourth-order valence-corrected chi connectivity index (χ4v) is 6.62. The zero-order valence-electron chi connectivity index (χ0n) is 11.7. The fraction of sp³-hybridized carbons (Fsp3) is 0.200. The summed E-state index contributed by atoms with van der Waals surface area (Å²) in [5.74, 6) is 2.53. The van der Waals surface area contributed by atoms with Gasteiger partial charge in [0.1, 0.15) is 10.6 Å². The van der Waals surface area contributed by atoms with Gasteiger partial charge in [0.2, 0.25) is 0 Å². The summed E-state index contributed by atoms with van der Waals surface area (Å²) < 4.78 is 30.2. The molecule has 0 atom stereocenters. The summed E-state index contributed by atoms with van der Waals surface area (Å²) in [7, 11) is -3.99. The van der Waals surface area contributed by atoms with E-state index in [9.17, 15) is 8.42 Å². The van der Waals surface area contributed by atoms with Crippen molar-refractivity contribution in [1.82, 2.24) is 0 Å². The van der Waals surface area contributed by atoms with Gasteiger partial charge in [0, 0.05) is 16.5 Å². The van der Waals surface area contributed by atoms with Gasteiger partial charge < -0.3 is 4.18 Å². The van der Waals surface area contributed by atoms with Gasteiger partial charge in [-0.15, -0.1) is 23.5 Å². The van der Waals surface area contributed by atoms with E-state index in [0.29, 0.717) is 9.60 Å². The highest BCUT2D eigenvalue weighted by atomic mass is 35.5. The summed E-state index contributed by atoms with van der Waals surface area (Å²) in [4.78, 5) is -0.102. The molecule has 0 saturated carbocycles. The van der Waals surface area contributed by atoms with E-state index in [1.165, 1.54) is 18.2 Å². The van der Waals surface area contributed by atoms with Gasteiger partial charge in [-0.2, -0.15) is 8.42 Å². The Morgan fingerprint density at radius 2 is 1.65 bits per heavy atom. The summed E-state index contributed by atoms with van der Waals surface area (Å²) in [6, 6.07) is 11.3. The SMILES string of the molecule is O=S(=O)(Oc1ccc(C2SCCS2)cc1)c1ccc(Cl)cc1Cl. The first kappa shape index (κ1) is 17.3. The highest BCUT2D eigenvalue weighted by Crippen LogP contribution is 2.45. The third-order valence-corrected chi connectivity index (χ3v) is 8.21. The number of hydrogen-bond acceptors (Lipinski definition) is 5. The Hall–Kier alpha value is -0.530. The van der Waals surface area contributed by atoms with E-state index in [2.05, 4.69) is 0 Å². The molecule has 3 nitrogen and oxygen atoms in total. The Balaban J connectivity index is 1.80. The molecule has 1 aliphatic rings. The van der Waals surface area contributed by atoms with Gasteiger partial charge in [0.15, 0.2) is 0 Å². The van der Waals surface area contributed by atoms with E-state index in [0.717, 1.165) is 17.1 Å². The first-order chi connectivity index (χ1) is 11.0. The third kappa shape index (κ3) is 4.12. The second-order valence-corrected chi connectivity index (χ2v) is 9.84. The van der Waals surface area contributed by atoms with Gasteiger partial charge in [0.25, 0.3) is 0 Å². The van der Waals surface area contributed by atoms with E-state index < -0.39 is 10.1 Å². The van der Waals surface area contributed by atoms with E-state index in [4.69, 9.17) is 27.4 Å². The molecule has 1 saturated heterocycles. The molecule has 2 aromatic rings. The van der Waals surface area contributed by atoms with Gasteiger partial charge in [-0.1, -0.05) is 35.3 Å². The third-order valence-electron chi connectivity index (χ3n) is 3.14. The number of thioether (sulfide) groups is 2. The first-order valence-corrected chi connectivity index (χ1v) is 10.9. The molecule has 1 heterocycles. The molecule has 1 aliphatic heterocycles. The zero-order chi connectivity index (χ0) is 16.4. The summed E-state index contributed by atoms with van der Waals surface area (Å²) in [5, 5.41) is 0.401. The van der Waals surface area contributed by atoms with Crippen molar-refractivity contribution in [2.45, 2.75) is 9.48 Å². The monoisotopic (exact) mass is 406 g/mol. The molecule has 0 N–H and O–H groups in total. The maximum atomic E-state index is 12.3. The van der Waals surface area contributed by atoms with Crippen LogP contribution in [0.25, 0.3) is 0 Å². The fourth-order valence-electron chi connectivity index (χ4n) is 2.08. The maximum absolute atomic E-state index is 12.3. The number of benzene rings is 2. The van der Waals surface area contributed by atoms with Crippen molar-refractivity contribution in [1.29, 1.82) is 0 Å². The minimum absolute atomic E-state index is 0.0351. The molecule has 8 heteroatoms. The Kier molecular flexibility index (Phi) is 5.38. The van der Waals surface area contributed by atoms with Crippen molar-refractivity contribution in [2.24, 2.45) is 0 Å².